The van der Waals surface area contributed by atoms with Gasteiger partial charge in [0, 0.05) is 23.1 Å². The van der Waals surface area contributed by atoms with Crippen LogP contribution >= 0.6 is 0 Å². The summed E-state index contributed by atoms with van der Waals surface area (Å²) in [4.78, 5) is 12.5. The van der Waals surface area contributed by atoms with Gasteiger partial charge in [-0.05, 0) is 55.8 Å². The molecule has 1 amide bonds. The van der Waals surface area contributed by atoms with Gasteiger partial charge in [-0.15, -0.1) is 0 Å². The summed E-state index contributed by atoms with van der Waals surface area (Å²) in [7, 11) is 0. The highest BCUT2D eigenvalue weighted by molar-refractivity contribution is 6.09. The second kappa shape index (κ2) is 7.76. The Hall–Kier alpha value is -4.05. The minimum Gasteiger partial charge on any atom is -0.454 e. The zero-order chi connectivity index (χ0) is 21.3. The molecule has 0 spiro atoms. The van der Waals surface area contributed by atoms with E-state index in [2.05, 4.69) is 5.32 Å². The van der Waals surface area contributed by atoms with Crippen LogP contribution in [0, 0.1) is 31.0 Å². The van der Waals surface area contributed by atoms with Gasteiger partial charge in [0.15, 0.2) is 11.5 Å². The van der Waals surface area contributed by atoms with E-state index < -0.39 is 11.7 Å². The van der Waals surface area contributed by atoms with E-state index >= 15 is 0 Å². The Morgan fingerprint density at radius 1 is 1.17 bits per heavy atom. The molecule has 150 valence electrons. The number of ether oxygens (including phenoxy) is 2. The fourth-order valence-corrected chi connectivity index (χ4v) is 3.41. The van der Waals surface area contributed by atoms with Gasteiger partial charge in [-0.3, -0.25) is 4.79 Å². The summed E-state index contributed by atoms with van der Waals surface area (Å²) in [6, 6.07) is 15.2. The van der Waals surface area contributed by atoms with Gasteiger partial charge >= 0.3 is 0 Å². The summed E-state index contributed by atoms with van der Waals surface area (Å²) >= 11 is 0. The molecule has 1 aliphatic heterocycles. The molecular formula is C23H18FN3O3. The average Bonchev–Trinajstić information content (AvgIpc) is 3.31. The molecular weight excluding hydrogens is 385 g/mol. The van der Waals surface area contributed by atoms with Crippen molar-refractivity contribution in [1.82, 2.24) is 4.57 Å². The van der Waals surface area contributed by atoms with Crippen molar-refractivity contribution in [1.29, 1.82) is 5.26 Å². The third-order valence-corrected chi connectivity index (χ3v) is 4.87. The summed E-state index contributed by atoms with van der Waals surface area (Å²) in [5.41, 5.74) is 3.26. The maximum absolute atomic E-state index is 13.8. The van der Waals surface area contributed by atoms with Crippen LogP contribution in [0.15, 0.2) is 54.1 Å². The lowest BCUT2D eigenvalue weighted by atomic mass is 10.1. The number of nitrogens with one attached hydrogen (secondary N) is 1. The maximum atomic E-state index is 13.8. The summed E-state index contributed by atoms with van der Waals surface area (Å²) in [5.74, 6) is 0.122. The van der Waals surface area contributed by atoms with Gasteiger partial charge in [0.2, 0.25) is 6.79 Å². The lowest BCUT2D eigenvalue weighted by Gasteiger charge is -2.10. The SMILES string of the molecule is Cc1cc(/C=C(\C#N)C(=O)Nc2ccccc2F)c(C)n1-c1ccc2c(c1)OCO2. The van der Waals surface area contributed by atoms with Crippen molar-refractivity contribution in [2.45, 2.75) is 13.8 Å². The number of hydrogen-bond donors (Lipinski definition) is 1. The van der Waals surface area contributed by atoms with Gasteiger partial charge in [0.1, 0.15) is 17.5 Å². The van der Waals surface area contributed by atoms with E-state index in [0.29, 0.717) is 17.1 Å². The number of carbonyl (C=O) groups is 1. The van der Waals surface area contributed by atoms with Crippen molar-refractivity contribution in [2.75, 3.05) is 12.1 Å². The Balaban J connectivity index is 1.66. The largest absolute Gasteiger partial charge is 0.454 e. The fraction of sp³-hybridized carbons (Fsp3) is 0.130. The molecule has 4 rings (SSSR count). The molecule has 1 aromatic heterocycles. The quantitative estimate of drug-likeness (QED) is 0.514. The van der Waals surface area contributed by atoms with Gasteiger partial charge in [-0.2, -0.15) is 5.26 Å². The van der Waals surface area contributed by atoms with Gasteiger partial charge in [-0.25, -0.2) is 4.39 Å². The van der Waals surface area contributed by atoms with Crippen molar-refractivity contribution in [3.63, 3.8) is 0 Å². The van der Waals surface area contributed by atoms with E-state index in [1.165, 1.54) is 24.3 Å². The Bertz CT molecular complexity index is 1220. The first-order valence-corrected chi connectivity index (χ1v) is 9.24. The molecule has 3 aromatic rings. The number of aromatic nitrogens is 1. The normalized spacial score (nSPS) is 12.5. The number of nitriles is 1. The molecule has 1 aliphatic rings. The Morgan fingerprint density at radius 2 is 1.93 bits per heavy atom. The Kier molecular flexibility index (Phi) is 4.98. The van der Waals surface area contributed by atoms with E-state index in [-0.39, 0.29) is 18.1 Å². The maximum Gasteiger partial charge on any atom is 0.266 e. The number of amides is 1. The molecule has 0 unspecified atom stereocenters. The van der Waals surface area contributed by atoms with E-state index in [1.54, 1.807) is 6.07 Å². The highest BCUT2D eigenvalue weighted by Crippen LogP contribution is 2.35. The van der Waals surface area contributed by atoms with E-state index in [0.717, 1.165) is 17.1 Å². The standard InChI is InChI=1S/C23H18FN3O3/c1-14-9-16(10-17(12-25)23(28)26-20-6-4-3-5-19(20)24)15(2)27(14)18-7-8-21-22(11-18)30-13-29-21/h3-11H,13H2,1-2H3,(H,26,28)/b17-10+. The lowest BCUT2D eigenvalue weighted by Crippen LogP contribution is -2.14. The first kappa shape index (κ1) is 19.3. The zero-order valence-corrected chi connectivity index (χ0v) is 16.4. The molecule has 2 aromatic carbocycles. The summed E-state index contributed by atoms with van der Waals surface area (Å²) in [6.45, 7) is 4.02. The number of hydrogen-bond acceptors (Lipinski definition) is 4. The number of carbonyl (C=O) groups excluding carboxylic acids is 1. The minimum absolute atomic E-state index is 0.0227. The van der Waals surface area contributed by atoms with Crippen LogP contribution in [0.5, 0.6) is 11.5 Å². The molecule has 30 heavy (non-hydrogen) atoms. The van der Waals surface area contributed by atoms with Crippen LogP contribution in [0.1, 0.15) is 17.0 Å². The van der Waals surface area contributed by atoms with Crippen LogP contribution in [-0.2, 0) is 4.79 Å². The van der Waals surface area contributed by atoms with Crippen LogP contribution < -0.4 is 14.8 Å². The van der Waals surface area contributed by atoms with Gasteiger partial charge in [0.25, 0.3) is 5.91 Å². The molecule has 6 nitrogen and oxygen atoms in total. The lowest BCUT2D eigenvalue weighted by molar-refractivity contribution is -0.112. The number of rotatable bonds is 4. The third-order valence-electron chi connectivity index (χ3n) is 4.87. The van der Waals surface area contributed by atoms with Crippen LogP contribution in [0.2, 0.25) is 0 Å². The van der Waals surface area contributed by atoms with Crippen molar-refractivity contribution in [3.05, 3.63) is 76.9 Å². The average molecular weight is 403 g/mol. The van der Waals surface area contributed by atoms with Crippen LogP contribution in [0.25, 0.3) is 11.8 Å². The van der Waals surface area contributed by atoms with E-state index in [9.17, 15) is 14.4 Å². The van der Waals surface area contributed by atoms with Crippen molar-refractivity contribution < 1.29 is 18.7 Å². The summed E-state index contributed by atoms with van der Waals surface area (Å²) in [6.07, 6.45) is 1.50. The van der Waals surface area contributed by atoms with Gasteiger partial charge in [-0.1, -0.05) is 12.1 Å². The third kappa shape index (κ3) is 3.51. The molecule has 0 bridgehead atoms. The van der Waals surface area contributed by atoms with Crippen molar-refractivity contribution in [3.8, 4) is 23.3 Å². The topological polar surface area (TPSA) is 76.3 Å². The zero-order valence-electron chi connectivity index (χ0n) is 16.4. The first-order chi connectivity index (χ1) is 14.5. The molecule has 0 atom stereocenters. The van der Waals surface area contributed by atoms with Gasteiger partial charge in [0.05, 0.1) is 5.69 Å². The van der Waals surface area contributed by atoms with E-state index in [4.69, 9.17) is 9.47 Å². The fourth-order valence-electron chi connectivity index (χ4n) is 3.41. The van der Waals surface area contributed by atoms with Gasteiger partial charge < -0.3 is 19.4 Å². The number of para-hydroxylation sites is 1. The van der Waals surface area contributed by atoms with E-state index in [1.807, 2.05) is 48.7 Å². The highest BCUT2D eigenvalue weighted by Gasteiger charge is 2.18. The number of aryl methyl sites for hydroxylation is 1. The number of halogens is 1. The second-order valence-corrected chi connectivity index (χ2v) is 6.80. The highest BCUT2D eigenvalue weighted by atomic mass is 19.1. The minimum atomic E-state index is -0.671. The van der Waals surface area contributed by atoms with Crippen LogP contribution in [0.4, 0.5) is 10.1 Å². The molecule has 0 saturated carbocycles. The first-order valence-electron chi connectivity index (χ1n) is 9.24. The second-order valence-electron chi connectivity index (χ2n) is 6.80. The smallest absolute Gasteiger partial charge is 0.266 e. The van der Waals surface area contributed by atoms with Crippen molar-refractivity contribution in [2.24, 2.45) is 0 Å². The molecule has 0 aliphatic carbocycles. The van der Waals surface area contributed by atoms with Crippen LogP contribution in [0.3, 0.4) is 0 Å². The number of anilines is 1. The summed E-state index contributed by atoms with van der Waals surface area (Å²) < 4.78 is 26.6. The molecule has 7 heteroatoms. The molecule has 0 fully saturated rings. The monoisotopic (exact) mass is 403 g/mol. The van der Waals surface area contributed by atoms with Crippen LogP contribution in [-0.4, -0.2) is 17.3 Å². The Morgan fingerprint density at radius 3 is 2.70 bits per heavy atom. The molecule has 0 saturated heterocycles. The predicted octanol–water partition coefficient (Wildman–Crippen LogP) is 4.51. The molecule has 1 N–H and O–H groups in total. The molecule has 0 radical (unpaired) electrons. The summed E-state index contributed by atoms with van der Waals surface area (Å²) in [5, 5.41) is 11.9. The number of fused-ring (bicyclic) bond motifs is 1. The van der Waals surface area contributed by atoms with Crippen molar-refractivity contribution >= 4 is 17.7 Å². The number of nitrogens with zero attached hydrogens (tertiary/aromatic N) is 2. The Labute approximate surface area is 172 Å². The molecule has 2 heterocycles. The number of benzene rings is 2. The predicted molar refractivity (Wildman–Crippen MR) is 110 cm³/mol.